The van der Waals surface area contributed by atoms with E-state index in [0.29, 0.717) is 25.7 Å². The molecule has 1 aliphatic heterocycles. The van der Waals surface area contributed by atoms with Gasteiger partial charge in [0.05, 0.1) is 10.8 Å². The molecule has 3 fully saturated rings. The predicted octanol–water partition coefficient (Wildman–Crippen LogP) is 3.60. The van der Waals surface area contributed by atoms with Crippen molar-refractivity contribution >= 4 is 39.4 Å². The molecule has 4 amide bonds. The molecule has 13 heteroatoms. The van der Waals surface area contributed by atoms with Gasteiger partial charge in [0.1, 0.15) is 18.1 Å². The van der Waals surface area contributed by atoms with E-state index < -0.39 is 79.2 Å². The van der Waals surface area contributed by atoms with Crippen LogP contribution in [0, 0.1) is 28.6 Å². The van der Waals surface area contributed by atoms with Crippen LogP contribution in [-0.4, -0.2) is 84.7 Å². The van der Waals surface area contributed by atoms with E-state index in [1.54, 1.807) is 20.8 Å². The van der Waals surface area contributed by atoms with Gasteiger partial charge in [-0.3, -0.25) is 24.0 Å². The number of nitrogens with zero attached hydrogens (tertiary/aromatic N) is 1. The van der Waals surface area contributed by atoms with Gasteiger partial charge < -0.3 is 20.9 Å². The third kappa shape index (κ3) is 10.2. The molecular weight excluding hydrogens is 659 g/mol. The number of carbonyl (C=O) groups excluding carboxylic acids is 5. The van der Waals surface area contributed by atoms with Gasteiger partial charge in [-0.2, -0.15) is 0 Å². The van der Waals surface area contributed by atoms with Crippen LogP contribution in [0.2, 0.25) is 0 Å². The number of sulfonamides is 1. The van der Waals surface area contributed by atoms with Gasteiger partial charge in [0, 0.05) is 13.1 Å². The SMILES string of the molecule is C=CCNC(=O)C(=O)C(CC1CC1)NC(=O)[C@@H]1[C@@H](C(C)C)CCN1C(=O)[C@@H](NC(=O)[C@@H](NS(=O)(=O)C(C)(C)C)C1(C)CCCCC1)C(C)(C)C. The first-order valence-electron chi connectivity index (χ1n) is 18.4. The van der Waals surface area contributed by atoms with Gasteiger partial charge in [-0.15, -0.1) is 6.58 Å². The minimum atomic E-state index is -3.93. The van der Waals surface area contributed by atoms with Crippen molar-refractivity contribution in [3.05, 3.63) is 12.7 Å². The summed E-state index contributed by atoms with van der Waals surface area (Å²) in [7, 11) is -3.93. The van der Waals surface area contributed by atoms with Gasteiger partial charge in [-0.05, 0) is 75.0 Å². The molecule has 12 nitrogen and oxygen atoms in total. The van der Waals surface area contributed by atoms with Gasteiger partial charge in [0.2, 0.25) is 33.5 Å². The summed E-state index contributed by atoms with van der Waals surface area (Å²) in [5, 5.41) is 8.31. The average Bonchev–Trinajstić information content (AvgIpc) is 3.72. The maximum atomic E-state index is 14.6. The van der Waals surface area contributed by atoms with Crippen molar-refractivity contribution in [2.45, 2.75) is 149 Å². The molecule has 2 aliphatic carbocycles. The molecule has 284 valence electrons. The zero-order valence-corrected chi connectivity index (χ0v) is 32.6. The van der Waals surface area contributed by atoms with Crippen LogP contribution in [0.3, 0.4) is 0 Å². The number of hydrogen-bond acceptors (Lipinski definition) is 7. The van der Waals surface area contributed by atoms with Crippen LogP contribution < -0.4 is 20.7 Å². The van der Waals surface area contributed by atoms with Crippen molar-refractivity contribution in [3.63, 3.8) is 0 Å². The second-order valence-corrected chi connectivity index (χ2v) is 19.9. The van der Waals surface area contributed by atoms with Crippen molar-refractivity contribution < 1.29 is 32.4 Å². The fourth-order valence-electron chi connectivity index (χ4n) is 7.22. The number of hydrogen-bond donors (Lipinski definition) is 4. The summed E-state index contributed by atoms with van der Waals surface area (Å²) in [6.45, 7) is 20.0. The fraction of sp³-hybridized carbons (Fsp3) is 0.811. The second-order valence-electron chi connectivity index (χ2n) is 17.5. The number of ketones is 1. The zero-order valence-electron chi connectivity index (χ0n) is 31.8. The molecule has 0 radical (unpaired) electrons. The molecule has 0 aromatic rings. The van der Waals surface area contributed by atoms with E-state index in [1.165, 1.54) is 11.0 Å². The van der Waals surface area contributed by atoms with Gasteiger partial charge in [-0.25, -0.2) is 13.1 Å². The number of Topliss-reactive ketones (excluding diaryl/α,β-unsaturated/α-hetero) is 1. The number of carbonyl (C=O) groups is 5. The lowest BCUT2D eigenvalue weighted by Crippen LogP contribution is -2.64. The van der Waals surface area contributed by atoms with E-state index in [2.05, 4.69) is 27.3 Å². The molecular formula is C37H63N5O7S. The summed E-state index contributed by atoms with van der Waals surface area (Å²) < 4.78 is 28.4. The molecule has 3 rings (SSSR count). The van der Waals surface area contributed by atoms with Crippen LogP contribution in [0.5, 0.6) is 0 Å². The monoisotopic (exact) mass is 721 g/mol. The van der Waals surface area contributed by atoms with Gasteiger partial charge in [0.25, 0.3) is 5.91 Å². The molecule has 0 bridgehead atoms. The Morgan fingerprint density at radius 3 is 2.04 bits per heavy atom. The Labute approximate surface area is 300 Å². The Morgan fingerprint density at radius 1 is 0.940 bits per heavy atom. The maximum absolute atomic E-state index is 14.6. The molecule has 0 spiro atoms. The summed E-state index contributed by atoms with van der Waals surface area (Å²) >= 11 is 0. The molecule has 2 saturated carbocycles. The lowest BCUT2D eigenvalue weighted by Gasteiger charge is -2.43. The van der Waals surface area contributed by atoms with E-state index in [9.17, 15) is 32.4 Å². The molecule has 1 unspecified atom stereocenters. The van der Waals surface area contributed by atoms with Crippen LogP contribution in [0.15, 0.2) is 12.7 Å². The van der Waals surface area contributed by atoms with E-state index in [1.807, 2.05) is 41.5 Å². The lowest BCUT2D eigenvalue weighted by atomic mass is 9.70. The first-order chi connectivity index (χ1) is 23.0. The number of nitrogens with one attached hydrogen (secondary N) is 4. The van der Waals surface area contributed by atoms with Crippen LogP contribution in [0.4, 0.5) is 0 Å². The third-order valence-corrected chi connectivity index (χ3v) is 13.0. The normalized spacial score (nSPS) is 23.0. The highest BCUT2D eigenvalue weighted by Gasteiger charge is 2.50. The fourth-order valence-corrected chi connectivity index (χ4v) is 8.27. The summed E-state index contributed by atoms with van der Waals surface area (Å²) in [6, 6.07) is -4.15. The molecule has 4 N–H and O–H groups in total. The maximum Gasteiger partial charge on any atom is 0.289 e. The van der Waals surface area contributed by atoms with Crippen LogP contribution in [-0.2, 0) is 34.0 Å². The third-order valence-electron chi connectivity index (χ3n) is 10.8. The summed E-state index contributed by atoms with van der Waals surface area (Å²) in [5.74, 6) is -3.04. The minimum Gasteiger partial charge on any atom is -0.346 e. The number of rotatable bonds is 15. The summed E-state index contributed by atoms with van der Waals surface area (Å²) in [5.41, 5.74) is -1.47. The highest BCUT2D eigenvalue weighted by Crippen LogP contribution is 2.40. The molecule has 0 aromatic heterocycles. The highest BCUT2D eigenvalue weighted by molar-refractivity contribution is 7.90. The topological polar surface area (TPSA) is 171 Å². The second kappa shape index (κ2) is 16.3. The summed E-state index contributed by atoms with van der Waals surface area (Å²) in [6.07, 6.45) is 8.21. The highest BCUT2D eigenvalue weighted by atomic mass is 32.2. The van der Waals surface area contributed by atoms with Crippen molar-refractivity contribution in [2.75, 3.05) is 13.1 Å². The van der Waals surface area contributed by atoms with Gasteiger partial charge >= 0.3 is 0 Å². The first kappa shape index (κ1) is 41.6. The Morgan fingerprint density at radius 2 is 1.54 bits per heavy atom. The first-order valence-corrected chi connectivity index (χ1v) is 19.9. The van der Waals surface area contributed by atoms with E-state index >= 15 is 0 Å². The molecule has 0 aromatic carbocycles. The van der Waals surface area contributed by atoms with Crippen molar-refractivity contribution in [1.82, 2.24) is 25.6 Å². The zero-order chi connectivity index (χ0) is 37.8. The average molecular weight is 722 g/mol. The van der Waals surface area contributed by atoms with E-state index in [-0.39, 0.29) is 30.8 Å². The molecule has 1 saturated heterocycles. The standard InChI is InChI=1S/C37H63N5O7S/c1-11-20-38-32(45)28(43)26(22-24-15-16-24)39-31(44)27-25(23(2)3)17-21-42(27)34(47)30(35(4,5)6)40-33(46)29(37(10)18-13-12-14-19-37)41-50(48,49)36(7,8)9/h11,23-27,29-30,41H,1,12-22H2,2-10H3,(H,38,45)(H,39,44)(H,40,46)/t25-,26?,27+,29-,30-/m1/s1. The van der Waals surface area contributed by atoms with Gasteiger partial charge in [-0.1, -0.05) is 79.7 Å². The van der Waals surface area contributed by atoms with E-state index in [4.69, 9.17) is 0 Å². The van der Waals surface area contributed by atoms with E-state index in [0.717, 1.165) is 32.1 Å². The summed E-state index contributed by atoms with van der Waals surface area (Å²) in [4.78, 5) is 70.4. The number of likely N-dealkylation sites (tertiary alicyclic amines) is 1. The predicted molar refractivity (Wildman–Crippen MR) is 194 cm³/mol. The van der Waals surface area contributed by atoms with Crippen molar-refractivity contribution in [3.8, 4) is 0 Å². The molecule has 5 atom stereocenters. The smallest absolute Gasteiger partial charge is 0.289 e. The Balaban J connectivity index is 1.94. The molecule has 3 aliphatic rings. The van der Waals surface area contributed by atoms with Gasteiger partial charge in [0.15, 0.2) is 0 Å². The van der Waals surface area contributed by atoms with Crippen molar-refractivity contribution in [2.24, 2.45) is 28.6 Å². The van der Waals surface area contributed by atoms with Crippen LogP contribution >= 0.6 is 0 Å². The Hall–Kier alpha value is -2.80. The van der Waals surface area contributed by atoms with Crippen LogP contribution in [0.25, 0.3) is 0 Å². The largest absolute Gasteiger partial charge is 0.346 e. The molecule has 1 heterocycles. The Kier molecular flexibility index (Phi) is 13.5. The minimum absolute atomic E-state index is 0.0159. The quantitative estimate of drug-likeness (QED) is 0.148. The molecule has 50 heavy (non-hydrogen) atoms. The van der Waals surface area contributed by atoms with Crippen LogP contribution in [0.1, 0.15) is 120 Å². The number of amides is 4. The lowest BCUT2D eigenvalue weighted by molar-refractivity contribution is -0.146. The van der Waals surface area contributed by atoms with Crippen molar-refractivity contribution in [1.29, 1.82) is 0 Å². The Bertz CT molecular complexity index is 1390.